The van der Waals surface area contributed by atoms with E-state index in [1.54, 1.807) is 0 Å². The zero-order valence-electron chi connectivity index (χ0n) is 59.3. The van der Waals surface area contributed by atoms with Crippen LogP contribution in [-0.4, -0.2) is 26.2 Å². The largest absolute Gasteiger partial charge is 0.469 e. The van der Waals surface area contributed by atoms with E-state index in [4.69, 9.17) is 9.47 Å². The van der Waals surface area contributed by atoms with Crippen LogP contribution in [0.5, 0.6) is 0 Å². The lowest BCUT2D eigenvalue weighted by atomic mass is 9.72. The molecule has 104 heavy (non-hydrogen) atoms. The summed E-state index contributed by atoms with van der Waals surface area (Å²) in [5.74, 6) is -0.375. The molecule has 486 valence electrons. The Kier molecular flexibility index (Phi) is 9.49. The van der Waals surface area contributed by atoms with Gasteiger partial charge in [-0.1, -0.05) is 121 Å². The zero-order valence-corrected chi connectivity index (χ0v) is 59.3. The molecule has 0 bridgehead atoms. The highest BCUT2D eigenvalue weighted by atomic mass is 16.5. The van der Waals surface area contributed by atoms with Gasteiger partial charge in [0.15, 0.2) is 0 Å². The molecular formula is C100H62O4. The highest BCUT2D eigenvalue weighted by molar-refractivity contribution is 6.64. The number of esters is 2. The van der Waals surface area contributed by atoms with Gasteiger partial charge in [0, 0.05) is 12.8 Å². The topological polar surface area (TPSA) is 52.6 Å². The van der Waals surface area contributed by atoms with Crippen LogP contribution < -0.4 is 0 Å². The third-order valence-corrected chi connectivity index (χ3v) is 26.4. The molecule has 0 saturated carbocycles. The molecule has 0 radical (unpaired) electrons. The highest BCUT2D eigenvalue weighted by Gasteiger charge is 2.36. The lowest BCUT2D eigenvalue weighted by molar-refractivity contribution is -0.141. The van der Waals surface area contributed by atoms with Gasteiger partial charge in [0.1, 0.15) is 0 Å². The Morgan fingerprint density at radius 2 is 0.317 bits per heavy atom. The predicted octanol–water partition coefficient (Wildman–Crippen LogP) is 27.0. The van der Waals surface area contributed by atoms with Crippen molar-refractivity contribution in [2.75, 3.05) is 14.2 Å². The summed E-state index contributed by atoms with van der Waals surface area (Å²) >= 11 is 0. The molecule has 0 N–H and O–H groups in total. The first-order valence-electron chi connectivity index (χ1n) is 37.2. The smallest absolute Gasteiger partial charge is 0.305 e. The average molecular weight is 1330 g/mol. The second-order valence-corrected chi connectivity index (χ2v) is 32.6. The van der Waals surface area contributed by atoms with Gasteiger partial charge in [-0.2, -0.15) is 0 Å². The van der Waals surface area contributed by atoms with Crippen LogP contribution in [0.3, 0.4) is 0 Å². The Hall–Kier alpha value is -12.0. The number of fused-ring (bicyclic) bond motifs is 12. The van der Waals surface area contributed by atoms with E-state index in [0.29, 0.717) is 25.7 Å². The average Bonchev–Trinajstić information content (AvgIpc) is 0.647. The lowest BCUT2D eigenvalue weighted by Crippen LogP contribution is -2.03. The van der Waals surface area contributed by atoms with Gasteiger partial charge in [0.2, 0.25) is 0 Å². The van der Waals surface area contributed by atoms with Crippen molar-refractivity contribution >= 4 is 270 Å². The molecule has 0 atom stereocenters. The minimum Gasteiger partial charge on any atom is -0.469 e. The fourth-order valence-corrected chi connectivity index (χ4v) is 23.1. The lowest BCUT2D eigenvalue weighted by Gasteiger charge is -2.30. The van der Waals surface area contributed by atoms with Gasteiger partial charge in [-0.3, -0.25) is 9.59 Å². The molecule has 0 aliphatic heterocycles. The number of benzene rings is 26. The molecule has 0 aliphatic carbocycles. The molecule has 0 spiro atoms. The molecule has 4 heteroatoms. The Morgan fingerprint density at radius 1 is 0.192 bits per heavy atom. The summed E-state index contributed by atoms with van der Waals surface area (Å²) in [6.45, 7) is 18.4. The Bertz CT molecular complexity index is 7580. The highest BCUT2D eigenvalue weighted by Crippen LogP contribution is 2.65. The van der Waals surface area contributed by atoms with Gasteiger partial charge in [-0.25, -0.2) is 0 Å². The van der Waals surface area contributed by atoms with Crippen molar-refractivity contribution in [2.45, 2.75) is 81.1 Å². The van der Waals surface area contributed by atoms with Gasteiger partial charge in [0.25, 0.3) is 0 Å². The Labute approximate surface area is 593 Å². The van der Waals surface area contributed by atoms with E-state index >= 15 is 0 Å². The summed E-state index contributed by atoms with van der Waals surface area (Å²) in [5.41, 5.74) is 14.7. The Morgan fingerprint density at radius 3 is 0.452 bits per heavy atom. The number of rotatable bonds is 7. The van der Waals surface area contributed by atoms with E-state index in [2.05, 4.69) is 201 Å². The van der Waals surface area contributed by atoms with E-state index < -0.39 is 0 Å². The molecule has 0 heterocycles. The molecule has 0 unspecified atom stereocenters. The van der Waals surface area contributed by atoms with Crippen molar-refractivity contribution in [3.63, 3.8) is 0 Å². The number of ether oxygens (including phenoxy) is 2. The minimum absolute atomic E-state index is 0.188. The van der Waals surface area contributed by atoms with Crippen LogP contribution in [0.15, 0.2) is 146 Å². The third-order valence-electron chi connectivity index (χ3n) is 26.4. The van der Waals surface area contributed by atoms with E-state index in [-0.39, 0.29) is 11.9 Å². The molecule has 0 aliphatic rings. The van der Waals surface area contributed by atoms with Crippen molar-refractivity contribution in [2.24, 2.45) is 0 Å². The van der Waals surface area contributed by atoms with Crippen molar-refractivity contribution in [3.05, 3.63) is 201 Å². The van der Waals surface area contributed by atoms with Gasteiger partial charge in [-0.05, 0) is 418 Å². The minimum atomic E-state index is -0.188. The number of methoxy groups -OCH3 is 2. The maximum Gasteiger partial charge on any atom is 0.305 e. The second kappa shape index (κ2) is 17.7. The van der Waals surface area contributed by atoms with Gasteiger partial charge >= 0.3 is 11.9 Å². The first kappa shape index (κ1) is 55.7. The summed E-state index contributed by atoms with van der Waals surface area (Å²) < 4.78 is 10.6. The predicted molar refractivity (Wildman–Crippen MR) is 445 cm³/mol. The number of hydrogen-bond acceptors (Lipinski definition) is 4. The summed E-state index contributed by atoms with van der Waals surface area (Å²) in [5, 5.41) is 64.0. The first-order chi connectivity index (χ1) is 50.6. The zero-order chi connectivity index (χ0) is 69.0. The van der Waals surface area contributed by atoms with Crippen LogP contribution in [0.25, 0.3) is 270 Å². The number of carbonyl (C=O) groups excluding carboxylic acids is 2. The number of aryl methyl sites for hydroxylation is 10. The summed E-state index contributed by atoms with van der Waals surface area (Å²) in [4.78, 5) is 26.0. The molecular weight excluding hydrogens is 1270 g/mol. The number of carbonyl (C=O) groups is 2. The van der Waals surface area contributed by atoms with E-state index in [9.17, 15) is 9.59 Å². The number of hydrogen-bond donors (Lipinski definition) is 0. The van der Waals surface area contributed by atoms with Crippen LogP contribution in [0, 0.1) is 55.4 Å². The van der Waals surface area contributed by atoms with Crippen LogP contribution in [0.1, 0.15) is 68.5 Å². The second-order valence-electron chi connectivity index (χ2n) is 32.6. The third kappa shape index (κ3) is 6.10. The summed E-state index contributed by atoms with van der Waals surface area (Å²) in [6.07, 6.45) is 1.84. The Balaban J connectivity index is 0.871. The molecule has 0 aromatic heterocycles. The van der Waals surface area contributed by atoms with E-state index in [0.717, 1.165) is 11.1 Å². The van der Waals surface area contributed by atoms with Crippen molar-refractivity contribution in [1.29, 1.82) is 0 Å². The van der Waals surface area contributed by atoms with Crippen molar-refractivity contribution in [1.82, 2.24) is 0 Å². The van der Waals surface area contributed by atoms with E-state index in [1.165, 1.54) is 328 Å². The monoisotopic (exact) mass is 1330 g/mol. The maximum atomic E-state index is 13.0. The van der Waals surface area contributed by atoms with Crippen LogP contribution in [0.4, 0.5) is 0 Å². The first-order valence-corrected chi connectivity index (χ1v) is 37.2. The van der Waals surface area contributed by atoms with Gasteiger partial charge in [0.05, 0.1) is 14.2 Å². The molecule has 4 nitrogen and oxygen atoms in total. The molecule has 0 fully saturated rings. The summed E-state index contributed by atoms with van der Waals surface area (Å²) in [7, 11) is 3.00. The molecule has 26 aromatic rings. The van der Waals surface area contributed by atoms with Crippen LogP contribution >= 0.6 is 0 Å². The maximum absolute atomic E-state index is 13.0. The van der Waals surface area contributed by atoms with Crippen molar-refractivity contribution < 1.29 is 19.1 Å². The van der Waals surface area contributed by atoms with Crippen LogP contribution in [0.2, 0.25) is 0 Å². The van der Waals surface area contributed by atoms with Gasteiger partial charge < -0.3 is 9.47 Å². The van der Waals surface area contributed by atoms with Crippen molar-refractivity contribution in [3.8, 4) is 11.1 Å². The fraction of sp³-hybridized carbons (Fsp3) is 0.140. The summed E-state index contributed by atoms with van der Waals surface area (Å²) in [6, 6.07) is 60.2. The standard InChI is InChI=1S/C100H62O4/c1-39-15-51-55-19-43(5)27-63-71-35-49(36-72-64-28-44(6)20-56-52-16-40(2)24-60-68-32-47(11-13-75(101)103-9)31-67-59(23-39)77(51)89-93(81(55)63)99(87(71)72)94(82(56)64)90(78(52)60)97(89)85(67)68)50-37-73-65-29-45(7)21-57-53-17-41(3)25-61-69-33-48(12-14-76(102)104-10)34-70-62-26-42(4)18-54-58-22-46(8)30-66-74(38-50)88(73)100-95(83(57)65)91(79(53)61)98(86(69)70)92(80(54)62)96(100)84(58)66/h15-38H,11-14H2,1-10H3. The molecule has 0 amide bonds. The molecule has 0 saturated heterocycles. The van der Waals surface area contributed by atoms with Gasteiger partial charge in [-0.15, -0.1) is 0 Å². The fourth-order valence-electron chi connectivity index (χ4n) is 23.1. The molecule has 26 aromatic carbocycles. The van der Waals surface area contributed by atoms with Crippen LogP contribution in [-0.2, 0) is 31.9 Å². The molecule has 26 rings (SSSR count). The van der Waals surface area contributed by atoms with E-state index in [1.807, 2.05) is 0 Å². The normalized spacial score (nSPS) is 13.5. The quantitative estimate of drug-likeness (QED) is 0.0906. The SMILES string of the molecule is COC(=O)CCc1cc2c3cc(C)cc4c5cc(C)cc6c7cc(-c8cc9c%10cc(C)cc%11c%12cc(C)cc%13c%14cc(CCC(=O)OC)cc%15c%16cc(C)cc%17c%18cc(C)cc%19c(c8)c9c8c(c%11%10)c(c%12%13)c(c%14%15)c(c%17%16)c8c%18%19)cc8c9cc(C)cc%10c%11cc(C)cc%12c(c1)c2c1c(c43)c(c56)c(c78)c(c%109)c1c%11%12.